The molecule has 6 nitrogen and oxygen atoms in total. The molecule has 1 saturated heterocycles. The van der Waals surface area contributed by atoms with Crippen molar-refractivity contribution in [2.24, 2.45) is 34.8 Å². The highest BCUT2D eigenvalue weighted by atomic mass is 17.3. The van der Waals surface area contributed by atoms with Crippen molar-refractivity contribution in [3.8, 4) is 0 Å². The molecule has 4 aliphatic carbocycles. The predicted octanol–water partition coefficient (Wildman–Crippen LogP) is 4.49. The fraction of sp³-hybridized carbons (Fsp3) is 0.552. The van der Waals surface area contributed by atoms with Gasteiger partial charge in [-0.25, -0.2) is 0 Å². The lowest BCUT2D eigenvalue weighted by Gasteiger charge is -2.49. The lowest BCUT2D eigenvalue weighted by molar-refractivity contribution is -0.370. The van der Waals surface area contributed by atoms with Crippen LogP contribution in [-0.2, 0) is 20.3 Å². The highest BCUT2D eigenvalue weighted by Crippen LogP contribution is 2.79. The maximum absolute atomic E-state index is 12.7. The molecule has 5 fully saturated rings. The minimum absolute atomic E-state index is 0.149. The van der Waals surface area contributed by atoms with Crippen LogP contribution in [0.3, 0.4) is 0 Å². The molecule has 2 aromatic carbocycles. The zero-order chi connectivity index (χ0) is 24.1. The van der Waals surface area contributed by atoms with Gasteiger partial charge in [-0.05, 0) is 75.3 Å². The van der Waals surface area contributed by atoms with Gasteiger partial charge in [0, 0.05) is 40.6 Å². The first-order valence-electron chi connectivity index (χ1n) is 13.0. The molecule has 7 rings (SSSR count). The molecule has 4 unspecified atom stereocenters. The van der Waals surface area contributed by atoms with Gasteiger partial charge in [0.15, 0.2) is 0 Å². The van der Waals surface area contributed by atoms with Crippen molar-refractivity contribution in [2.75, 3.05) is 6.54 Å². The quantitative estimate of drug-likeness (QED) is 0.624. The van der Waals surface area contributed by atoms with Crippen LogP contribution < -0.4 is 11.1 Å². The SMILES string of the molecule is CC(C)(N)CNC(=O)c1ccc([C@@]2(c3ccccc3)OOC3(O2)C2CC4CC5CC3CC45C2)cc1. The van der Waals surface area contributed by atoms with E-state index in [0.29, 0.717) is 29.4 Å². The van der Waals surface area contributed by atoms with E-state index in [2.05, 4.69) is 5.32 Å². The van der Waals surface area contributed by atoms with Gasteiger partial charge < -0.3 is 15.8 Å². The first kappa shape index (κ1) is 22.0. The number of hydrogen-bond donors (Lipinski definition) is 2. The van der Waals surface area contributed by atoms with Crippen LogP contribution in [0.25, 0.3) is 0 Å². The molecule has 1 amide bonds. The van der Waals surface area contributed by atoms with E-state index in [4.69, 9.17) is 20.2 Å². The molecule has 5 atom stereocenters. The lowest BCUT2D eigenvalue weighted by atomic mass is 9.56. The lowest BCUT2D eigenvalue weighted by Crippen LogP contribution is -2.49. The van der Waals surface area contributed by atoms with Gasteiger partial charge in [0.2, 0.25) is 5.79 Å². The van der Waals surface area contributed by atoms with Crippen LogP contribution in [0.5, 0.6) is 0 Å². The number of carbonyl (C=O) groups is 1. The molecule has 184 valence electrons. The van der Waals surface area contributed by atoms with Gasteiger partial charge >= 0.3 is 0 Å². The van der Waals surface area contributed by atoms with E-state index >= 15 is 0 Å². The fourth-order valence-corrected chi connectivity index (χ4v) is 8.09. The van der Waals surface area contributed by atoms with Crippen molar-refractivity contribution in [2.45, 2.75) is 63.1 Å². The molecule has 2 aromatic rings. The number of rotatable bonds is 5. The van der Waals surface area contributed by atoms with Gasteiger partial charge in [0.05, 0.1) is 0 Å². The summed E-state index contributed by atoms with van der Waals surface area (Å²) < 4.78 is 7.11. The molecule has 3 N–H and O–H groups in total. The summed E-state index contributed by atoms with van der Waals surface area (Å²) in [7, 11) is 0. The van der Waals surface area contributed by atoms with Crippen LogP contribution in [0.2, 0.25) is 0 Å². The third kappa shape index (κ3) is 3.00. The van der Waals surface area contributed by atoms with Crippen molar-refractivity contribution in [3.05, 3.63) is 71.3 Å². The molecule has 1 heterocycles. The van der Waals surface area contributed by atoms with Gasteiger partial charge in [-0.1, -0.05) is 42.5 Å². The molecule has 0 radical (unpaired) electrons. The number of fused-ring (bicyclic) bond motifs is 4. The topological polar surface area (TPSA) is 82.8 Å². The van der Waals surface area contributed by atoms with Crippen molar-refractivity contribution >= 4 is 5.91 Å². The Morgan fingerprint density at radius 1 is 0.914 bits per heavy atom. The summed E-state index contributed by atoms with van der Waals surface area (Å²) in [6, 6.07) is 17.5. The maximum Gasteiger partial charge on any atom is 0.256 e. The van der Waals surface area contributed by atoms with Crippen LogP contribution in [0.4, 0.5) is 0 Å². The van der Waals surface area contributed by atoms with E-state index in [1.165, 1.54) is 32.1 Å². The van der Waals surface area contributed by atoms with Gasteiger partial charge in [-0.15, -0.1) is 0 Å². The Labute approximate surface area is 206 Å². The van der Waals surface area contributed by atoms with Gasteiger partial charge in [-0.2, -0.15) is 9.78 Å². The summed E-state index contributed by atoms with van der Waals surface area (Å²) in [6.45, 7) is 4.17. The second kappa shape index (κ2) is 7.16. The average Bonchev–Trinajstić information content (AvgIpc) is 3.46. The number of nitrogens with one attached hydrogen (secondary N) is 1. The van der Waals surface area contributed by atoms with Crippen molar-refractivity contribution in [1.82, 2.24) is 5.32 Å². The number of hydrogen-bond acceptors (Lipinski definition) is 5. The molecular formula is C29H34N2O4. The summed E-state index contributed by atoms with van der Waals surface area (Å²) in [5.41, 5.74) is 8.40. The standard InChI is InChI=1S/C29H34N2O4/c1-26(2,30)17-31-25(32)18-8-10-20(11-9-18)28(19-6-4-3-5-7-19)33-29(35-34-28)23-13-21-12-22-14-24(29)16-27(21,22)15-23/h3-11,21-24H,12-17,30H2,1-2H3,(H,31,32)/t21?,22?,23?,24?,27?,28-,29?/m1/s1. The molecule has 0 aromatic heterocycles. The van der Waals surface area contributed by atoms with Crippen LogP contribution >= 0.6 is 0 Å². The maximum atomic E-state index is 12.7. The Bertz CT molecular complexity index is 1130. The van der Waals surface area contributed by atoms with E-state index in [9.17, 15) is 4.79 Å². The molecular weight excluding hydrogens is 440 g/mol. The summed E-state index contributed by atoms with van der Waals surface area (Å²) >= 11 is 0. The normalized spacial score (nSPS) is 40.7. The number of nitrogens with two attached hydrogens (primary N) is 1. The van der Waals surface area contributed by atoms with Crippen LogP contribution in [0.15, 0.2) is 54.6 Å². The number of carbonyl (C=O) groups excluding carboxylic acids is 1. The van der Waals surface area contributed by atoms with E-state index in [1.807, 2.05) is 68.4 Å². The largest absolute Gasteiger partial charge is 0.350 e. The van der Waals surface area contributed by atoms with E-state index in [-0.39, 0.29) is 5.91 Å². The monoisotopic (exact) mass is 474 g/mol. The molecule has 5 aliphatic rings. The number of benzene rings is 2. The van der Waals surface area contributed by atoms with Gasteiger partial charge in [-0.3, -0.25) is 4.79 Å². The van der Waals surface area contributed by atoms with Gasteiger partial charge in [0.25, 0.3) is 11.7 Å². The first-order chi connectivity index (χ1) is 16.7. The molecule has 2 spiro atoms. The highest BCUT2D eigenvalue weighted by Gasteiger charge is 2.77. The summed E-state index contributed by atoms with van der Waals surface area (Å²) in [4.78, 5) is 25.3. The predicted molar refractivity (Wildman–Crippen MR) is 130 cm³/mol. The fourth-order valence-electron chi connectivity index (χ4n) is 8.09. The van der Waals surface area contributed by atoms with E-state index in [1.54, 1.807) is 0 Å². The Morgan fingerprint density at radius 3 is 2.14 bits per heavy atom. The number of amides is 1. The Morgan fingerprint density at radius 2 is 1.51 bits per heavy atom. The van der Waals surface area contributed by atoms with Crippen molar-refractivity contribution in [1.29, 1.82) is 0 Å². The van der Waals surface area contributed by atoms with E-state index < -0.39 is 17.1 Å². The minimum Gasteiger partial charge on any atom is -0.350 e. The van der Waals surface area contributed by atoms with Crippen LogP contribution in [0, 0.1) is 29.1 Å². The van der Waals surface area contributed by atoms with E-state index in [0.717, 1.165) is 23.0 Å². The van der Waals surface area contributed by atoms with Gasteiger partial charge in [0.1, 0.15) is 0 Å². The van der Waals surface area contributed by atoms with Crippen molar-refractivity contribution < 1.29 is 19.3 Å². The highest BCUT2D eigenvalue weighted by molar-refractivity contribution is 5.94. The average molecular weight is 475 g/mol. The molecule has 35 heavy (non-hydrogen) atoms. The molecule has 1 aliphatic heterocycles. The summed E-state index contributed by atoms with van der Waals surface area (Å²) in [5.74, 6) is 0.387. The zero-order valence-electron chi connectivity index (χ0n) is 20.5. The molecule has 4 saturated carbocycles. The first-order valence-corrected chi connectivity index (χ1v) is 13.0. The Hall–Kier alpha value is -2.25. The minimum atomic E-state index is -1.16. The second-order valence-corrected chi connectivity index (χ2v) is 12.4. The van der Waals surface area contributed by atoms with Crippen molar-refractivity contribution in [3.63, 3.8) is 0 Å². The zero-order valence-corrected chi connectivity index (χ0v) is 20.5. The second-order valence-electron chi connectivity index (χ2n) is 12.4. The molecule has 6 heteroatoms. The third-order valence-corrected chi connectivity index (χ3v) is 9.70. The summed E-state index contributed by atoms with van der Waals surface area (Å²) in [6.07, 6.45) is 6.14. The third-order valence-electron chi connectivity index (χ3n) is 9.70. The van der Waals surface area contributed by atoms with Crippen LogP contribution in [0.1, 0.15) is 67.4 Å². The molecule has 3 bridgehead atoms. The van der Waals surface area contributed by atoms with Crippen LogP contribution in [-0.4, -0.2) is 23.8 Å². The Balaban J connectivity index is 1.22. The summed E-state index contributed by atoms with van der Waals surface area (Å²) in [5, 5.41) is 2.91. The number of ether oxygens (including phenoxy) is 1. The smallest absolute Gasteiger partial charge is 0.256 e. The Kier molecular flexibility index (Phi) is 4.50.